The number of anilines is 3. The zero-order valence-corrected chi connectivity index (χ0v) is 20.4. The highest BCUT2D eigenvalue weighted by Crippen LogP contribution is 2.34. The van der Waals surface area contributed by atoms with Gasteiger partial charge in [0.05, 0.1) is 16.6 Å². The van der Waals surface area contributed by atoms with Crippen molar-refractivity contribution in [1.29, 1.82) is 5.26 Å². The van der Waals surface area contributed by atoms with E-state index in [2.05, 4.69) is 89.1 Å². The van der Waals surface area contributed by atoms with Gasteiger partial charge in [-0.2, -0.15) is 5.26 Å². The highest BCUT2D eigenvalue weighted by Gasteiger charge is 2.21. The van der Waals surface area contributed by atoms with Gasteiger partial charge in [-0.05, 0) is 68.3 Å². The monoisotopic (exact) mass is 459 g/mol. The van der Waals surface area contributed by atoms with Crippen molar-refractivity contribution in [2.75, 3.05) is 23.3 Å². The summed E-state index contributed by atoms with van der Waals surface area (Å²) in [6, 6.07) is 29.5. The number of pyridine rings is 1. The van der Waals surface area contributed by atoms with Crippen LogP contribution in [-0.2, 0) is 6.42 Å². The number of nitriles is 1. The van der Waals surface area contributed by atoms with Crippen molar-refractivity contribution in [2.24, 2.45) is 0 Å². The van der Waals surface area contributed by atoms with Crippen LogP contribution >= 0.6 is 0 Å². The number of benzene rings is 3. The largest absolute Gasteiger partial charge is 0.372 e. The van der Waals surface area contributed by atoms with Gasteiger partial charge in [0.15, 0.2) is 5.65 Å². The number of rotatable bonds is 7. The van der Waals surface area contributed by atoms with Gasteiger partial charge in [-0.15, -0.1) is 0 Å². The summed E-state index contributed by atoms with van der Waals surface area (Å²) in [7, 11) is 0. The maximum Gasteiger partial charge on any atom is 0.157 e. The van der Waals surface area contributed by atoms with Crippen molar-refractivity contribution >= 4 is 33.9 Å². The molecule has 1 N–H and O–H groups in total. The van der Waals surface area contributed by atoms with E-state index >= 15 is 0 Å². The van der Waals surface area contributed by atoms with Gasteiger partial charge in [0, 0.05) is 36.4 Å². The quantitative estimate of drug-likeness (QED) is 0.289. The van der Waals surface area contributed by atoms with Gasteiger partial charge >= 0.3 is 0 Å². The number of para-hydroxylation sites is 2. The lowest BCUT2D eigenvalue weighted by molar-refractivity contribution is 0.866. The predicted molar refractivity (Wildman–Crippen MR) is 145 cm³/mol. The van der Waals surface area contributed by atoms with Crippen molar-refractivity contribution in [3.05, 3.63) is 101 Å². The minimum atomic E-state index is 0.620. The van der Waals surface area contributed by atoms with E-state index in [1.165, 1.54) is 11.3 Å². The van der Waals surface area contributed by atoms with Crippen LogP contribution in [-0.4, -0.2) is 22.5 Å². The number of nitrogens with zero attached hydrogens (tertiary/aromatic N) is 4. The minimum absolute atomic E-state index is 0.620. The third-order valence-electron chi connectivity index (χ3n) is 6.72. The number of aromatic nitrogens is 2. The molecule has 0 fully saturated rings. The molecule has 2 aromatic heterocycles. The summed E-state index contributed by atoms with van der Waals surface area (Å²) < 4.78 is 2.11. The van der Waals surface area contributed by atoms with Crippen LogP contribution in [0.25, 0.3) is 16.7 Å². The Morgan fingerprint density at radius 2 is 1.60 bits per heavy atom. The van der Waals surface area contributed by atoms with E-state index in [1.54, 1.807) is 0 Å². The summed E-state index contributed by atoms with van der Waals surface area (Å²) in [4.78, 5) is 7.18. The molecule has 0 atom stereocenters. The Morgan fingerprint density at radius 3 is 2.29 bits per heavy atom. The summed E-state index contributed by atoms with van der Waals surface area (Å²) in [6.07, 6.45) is 0.712. The maximum absolute atomic E-state index is 10.1. The fourth-order valence-corrected chi connectivity index (χ4v) is 4.81. The minimum Gasteiger partial charge on any atom is -0.372 e. The number of fused-ring (bicyclic) bond motifs is 3. The number of nitrogens with one attached hydrogen (secondary N) is 1. The lowest BCUT2D eigenvalue weighted by Crippen LogP contribution is -2.21. The molecule has 35 heavy (non-hydrogen) atoms. The Hall–Kier alpha value is -4.30. The molecule has 0 aliphatic rings. The van der Waals surface area contributed by atoms with E-state index in [1.807, 2.05) is 31.2 Å². The summed E-state index contributed by atoms with van der Waals surface area (Å²) in [5.41, 5.74) is 8.62. The Balaban J connectivity index is 1.72. The molecule has 0 saturated heterocycles. The van der Waals surface area contributed by atoms with Gasteiger partial charge in [-0.25, -0.2) is 4.98 Å². The second kappa shape index (κ2) is 9.52. The molecule has 174 valence electrons. The summed E-state index contributed by atoms with van der Waals surface area (Å²) in [5.74, 6) is 0.949. The molecule has 0 saturated carbocycles. The first-order valence-corrected chi connectivity index (χ1v) is 12.1. The third kappa shape index (κ3) is 4.08. The molecule has 0 bridgehead atoms. The van der Waals surface area contributed by atoms with Crippen LogP contribution in [0.3, 0.4) is 0 Å². The van der Waals surface area contributed by atoms with Gasteiger partial charge in [0.2, 0.25) is 0 Å². The Kier molecular flexibility index (Phi) is 6.12. The van der Waals surface area contributed by atoms with E-state index in [4.69, 9.17) is 4.98 Å². The fraction of sp³-hybridized carbons (Fsp3) is 0.200. The number of hydrogen-bond donors (Lipinski definition) is 1. The first-order chi connectivity index (χ1) is 17.1. The second-order valence-corrected chi connectivity index (χ2v) is 8.71. The van der Waals surface area contributed by atoms with Gasteiger partial charge in [0.25, 0.3) is 0 Å². The molecule has 0 radical (unpaired) electrons. The van der Waals surface area contributed by atoms with Crippen LogP contribution in [0.5, 0.6) is 0 Å². The van der Waals surface area contributed by atoms with E-state index in [0.717, 1.165) is 46.8 Å². The number of hydrogen-bond acceptors (Lipinski definition) is 4. The van der Waals surface area contributed by atoms with Crippen LogP contribution in [0.1, 0.15) is 36.1 Å². The Labute approximate surface area is 206 Å². The highest BCUT2D eigenvalue weighted by atomic mass is 15.1. The molecule has 5 nitrogen and oxygen atoms in total. The van der Waals surface area contributed by atoms with Crippen molar-refractivity contribution in [2.45, 2.75) is 27.2 Å². The lowest BCUT2D eigenvalue weighted by Gasteiger charge is -2.22. The van der Waals surface area contributed by atoms with Gasteiger partial charge in [-0.1, -0.05) is 42.5 Å². The summed E-state index contributed by atoms with van der Waals surface area (Å²) >= 11 is 0. The van der Waals surface area contributed by atoms with Crippen LogP contribution in [0.15, 0.2) is 78.9 Å². The first-order valence-electron chi connectivity index (χ1n) is 12.1. The Bertz CT molecular complexity index is 1520. The van der Waals surface area contributed by atoms with E-state index in [9.17, 15) is 5.26 Å². The van der Waals surface area contributed by atoms with Crippen molar-refractivity contribution in [3.63, 3.8) is 0 Å². The number of imidazole rings is 1. The van der Waals surface area contributed by atoms with Crippen molar-refractivity contribution < 1.29 is 0 Å². The molecule has 0 spiro atoms. The van der Waals surface area contributed by atoms with Gasteiger partial charge in [0.1, 0.15) is 11.9 Å². The molecular weight excluding hydrogens is 430 g/mol. The molecule has 0 amide bonds. The summed E-state index contributed by atoms with van der Waals surface area (Å²) in [5, 5.41) is 13.8. The molecule has 0 aliphatic heterocycles. The van der Waals surface area contributed by atoms with Crippen LogP contribution in [0, 0.1) is 18.3 Å². The molecule has 5 heteroatoms. The van der Waals surface area contributed by atoms with Crippen LogP contribution in [0.2, 0.25) is 0 Å². The Morgan fingerprint density at radius 1 is 0.914 bits per heavy atom. The topological polar surface area (TPSA) is 56.4 Å². The molecule has 5 rings (SSSR count). The molecule has 0 unspecified atom stereocenters. The van der Waals surface area contributed by atoms with Crippen LogP contribution in [0.4, 0.5) is 17.2 Å². The van der Waals surface area contributed by atoms with Gasteiger partial charge < -0.3 is 10.2 Å². The normalized spacial score (nSPS) is 11.0. The van der Waals surface area contributed by atoms with Crippen LogP contribution < -0.4 is 10.2 Å². The maximum atomic E-state index is 10.1. The highest BCUT2D eigenvalue weighted by molar-refractivity contribution is 5.87. The predicted octanol–water partition coefficient (Wildman–Crippen LogP) is 6.85. The van der Waals surface area contributed by atoms with E-state index in [-0.39, 0.29) is 0 Å². The average Bonchev–Trinajstić information content (AvgIpc) is 3.28. The first kappa shape index (κ1) is 22.5. The zero-order valence-electron chi connectivity index (χ0n) is 20.4. The smallest absolute Gasteiger partial charge is 0.157 e. The van der Waals surface area contributed by atoms with Crippen molar-refractivity contribution in [3.8, 4) is 6.07 Å². The summed E-state index contributed by atoms with van der Waals surface area (Å²) in [6.45, 7) is 8.32. The lowest BCUT2D eigenvalue weighted by atomic mass is 9.97. The zero-order chi connectivity index (χ0) is 24.4. The second-order valence-electron chi connectivity index (χ2n) is 8.71. The SMILES string of the molecule is CCN(CC)c1ccc(Nc2c(Cc3ccccc3)c(C)c(C#N)c3nc4ccccc4n23)cc1. The average molecular weight is 460 g/mol. The third-order valence-corrected chi connectivity index (χ3v) is 6.72. The van der Waals surface area contributed by atoms with E-state index < -0.39 is 0 Å². The molecular formula is C30H29N5. The molecule has 2 heterocycles. The standard InChI is InChI=1S/C30H29N5/c1-4-34(5-2)24-17-15-23(16-18-24)32-29-25(19-22-11-7-6-8-12-22)21(3)26(20-31)30-33-27-13-9-10-14-28(27)35(29)30/h6-18,32H,4-5,19H2,1-3H3. The molecule has 0 aliphatic carbocycles. The van der Waals surface area contributed by atoms with E-state index in [0.29, 0.717) is 17.6 Å². The molecule has 5 aromatic rings. The fourth-order valence-electron chi connectivity index (χ4n) is 4.81. The van der Waals surface area contributed by atoms with Gasteiger partial charge in [-0.3, -0.25) is 4.40 Å². The molecule has 3 aromatic carbocycles. The van der Waals surface area contributed by atoms with Crippen molar-refractivity contribution in [1.82, 2.24) is 9.38 Å².